The van der Waals surface area contributed by atoms with Gasteiger partial charge in [0.25, 0.3) is 0 Å². The molecule has 17 heavy (non-hydrogen) atoms. The maximum atomic E-state index is 6.13. The predicted octanol–water partition coefficient (Wildman–Crippen LogP) is 2.99. The van der Waals surface area contributed by atoms with Crippen molar-refractivity contribution in [3.8, 4) is 5.75 Å². The minimum Gasteiger partial charge on any atom is -0.493 e. The van der Waals surface area contributed by atoms with E-state index in [9.17, 15) is 0 Å². The van der Waals surface area contributed by atoms with Crippen molar-refractivity contribution in [2.45, 2.75) is 52.0 Å². The van der Waals surface area contributed by atoms with Gasteiger partial charge in [-0.1, -0.05) is 17.7 Å². The highest BCUT2D eigenvalue weighted by molar-refractivity contribution is 5.45. The quantitative estimate of drug-likeness (QED) is 0.852. The van der Waals surface area contributed by atoms with E-state index in [1.807, 2.05) is 0 Å². The number of aryl methyl sites for hydroxylation is 2. The van der Waals surface area contributed by atoms with Gasteiger partial charge in [0, 0.05) is 5.54 Å². The van der Waals surface area contributed by atoms with Crippen LogP contribution in [0.25, 0.3) is 0 Å². The van der Waals surface area contributed by atoms with Crippen LogP contribution in [0.4, 0.5) is 0 Å². The van der Waals surface area contributed by atoms with Crippen LogP contribution in [-0.4, -0.2) is 12.1 Å². The van der Waals surface area contributed by atoms with E-state index in [4.69, 9.17) is 10.5 Å². The van der Waals surface area contributed by atoms with Crippen LogP contribution in [-0.2, 0) is 12.8 Å². The molecule has 2 heteroatoms. The summed E-state index contributed by atoms with van der Waals surface area (Å²) in [6.45, 7) is 7.13. The Labute approximate surface area is 104 Å². The SMILES string of the molecule is Cc1cc2c(c(CC(C)(C)N)c1)OCCCC2. The Morgan fingerprint density at radius 3 is 2.76 bits per heavy atom. The Kier molecular flexibility index (Phi) is 3.43. The zero-order chi connectivity index (χ0) is 12.5. The van der Waals surface area contributed by atoms with E-state index < -0.39 is 0 Å². The first-order valence-electron chi connectivity index (χ1n) is 6.50. The van der Waals surface area contributed by atoms with E-state index in [1.165, 1.54) is 23.1 Å². The lowest BCUT2D eigenvalue weighted by atomic mass is 9.92. The van der Waals surface area contributed by atoms with Gasteiger partial charge in [-0.25, -0.2) is 0 Å². The van der Waals surface area contributed by atoms with Crippen LogP contribution >= 0.6 is 0 Å². The van der Waals surface area contributed by atoms with Gasteiger partial charge in [0.15, 0.2) is 0 Å². The molecule has 0 spiro atoms. The first-order chi connectivity index (χ1) is 7.96. The third-order valence-corrected chi connectivity index (χ3v) is 3.12. The zero-order valence-corrected chi connectivity index (χ0v) is 11.2. The Balaban J connectivity index is 2.40. The van der Waals surface area contributed by atoms with Crippen molar-refractivity contribution in [2.75, 3.05) is 6.61 Å². The van der Waals surface area contributed by atoms with Crippen molar-refractivity contribution in [3.05, 3.63) is 28.8 Å². The van der Waals surface area contributed by atoms with Gasteiger partial charge >= 0.3 is 0 Å². The van der Waals surface area contributed by atoms with Crippen molar-refractivity contribution >= 4 is 0 Å². The largest absolute Gasteiger partial charge is 0.493 e. The number of benzene rings is 1. The summed E-state index contributed by atoms with van der Waals surface area (Å²) in [5.74, 6) is 1.10. The van der Waals surface area contributed by atoms with Crippen LogP contribution < -0.4 is 10.5 Å². The standard InChI is InChI=1S/C15H23NO/c1-11-8-12-6-4-5-7-17-14(12)13(9-11)10-15(2,3)16/h8-9H,4-7,10,16H2,1-3H3. The van der Waals surface area contributed by atoms with Gasteiger partial charge in [-0.05, 0) is 57.6 Å². The van der Waals surface area contributed by atoms with Gasteiger partial charge in [0.1, 0.15) is 5.75 Å². The van der Waals surface area contributed by atoms with Gasteiger partial charge < -0.3 is 10.5 Å². The molecule has 0 saturated carbocycles. The molecule has 0 amide bonds. The second-order valence-corrected chi connectivity index (χ2v) is 5.88. The molecule has 94 valence electrons. The molecular formula is C15H23NO. The second-order valence-electron chi connectivity index (χ2n) is 5.88. The maximum Gasteiger partial charge on any atom is 0.125 e. The average molecular weight is 233 g/mol. The maximum absolute atomic E-state index is 6.13. The van der Waals surface area contributed by atoms with E-state index in [2.05, 4.69) is 32.9 Å². The minimum absolute atomic E-state index is 0.183. The Bertz CT molecular complexity index is 404. The summed E-state index contributed by atoms with van der Waals surface area (Å²) < 4.78 is 5.92. The van der Waals surface area contributed by atoms with Crippen molar-refractivity contribution in [2.24, 2.45) is 5.73 Å². The normalized spacial score (nSPS) is 16.0. The second kappa shape index (κ2) is 4.69. The van der Waals surface area contributed by atoms with E-state index in [0.29, 0.717) is 0 Å². The van der Waals surface area contributed by atoms with Gasteiger partial charge in [-0.15, -0.1) is 0 Å². The Hall–Kier alpha value is -1.02. The number of fused-ring (bicyclic) bond motifs is 1. The summed E-state index contributed by atoms with van der Waals surface area (Å²) in [4.78, 5) is 0. The van der Waals surface area contributed by atoms with E-state index in [1.54, 1.807) is 0 Å². The molecule has 0 unspecified atom stereocenters. The van der Waals surface area contributed by atoms with Gasteiger partial charge in [0.2, 0.25) is 0 Å². The monoisotopic (exact) mass is 233 g/mol. The van der Waals surface area contributed by atoms with Crippen molar-refractivity contribution in [1.29, 1.82) is 0 Å². The zero-order valence-electron chi connectivity index (χ0n) is 11.2. The lowest BCUT2D eigenvalue weighted by Crippen LogP contribution is -2.34. The van der Waals surface area contributed by atoms with Crippen molar-refractivity contribution < 1.29 is 4.74 Å². The molecule has 0 aliphatic carbocycles. The Morgan fingerprint density at radius 1 is 1.29 bits per heavy atom. The smallest absolute Gasteiger partial charge is 0.125 e. The minimum atomic E-state index is -0.183. The van der Waals surface area contributed by atoms with Gasteiger partial charge in [-0.3, -0.25) is 0 Å². The molecule has 1 aliphatic heterocycles. The molecule has 0 fully saturated rings. The molecule has 0 radical (unpaired) electrons. The fraction of sp³-hybridized carbons (Fsp3) is 0.600. The van der Waals surface area contributed by atoms with Crippen LogP contribution in [0.5, 0.6) is 5.75 Å². The molecule has 1 aromatic rings. The average Bonchev–Trinajstić information content (AvgIpc) is 2.39. The molecule has 0 aromatic heterocycles. The molecule has 2 rings (SSSR count). The summed E-state index contributed by atoms with van der Waals surface area (Å²) >= 11 is 0. The number of rotatable bonds is 2. The first-order valence-corrected chi connectivity index (χ1v) is 6.50. The number of ether oxygens (including phenoxy) is 1. The predicted molar refractivity (Wildman–Crippen MR) is 71.6 cm³/mol. The van der Waals surface area contributed by atoms with Crippen molar-refractivity contribution in [1.82, 2.24) is 0 Å². The molecule has 1 aliphatic rings. The van der Waals surface area contributed by atoms with Gasteiger partial charge in [0.05, 0.1) is 6.61 Å². The summed E-state index contributed by atoms with van der Waals surface area (Å²) in [5, 5.41) is 0. The molecule has 0 atom stereocenters. The lowest BCUT2D eigenvalue weighted by molar-refractivity contribution is 0.311. The van der Waals surface area contributed by atoms with Crippen LogP contribution in [0.15, 0.2) is 12.1 Å². The fourth-order valence-corrected chi connectivity index (χ4v) is 2.51. The molecule has 2 nitrogen and oxygen atoms in total. The summed E-state index contributed by atoms with van der Waals surface area (Å²) in [7, 11) is 0. The van der Waals surface area contributed by atoms with E-state index in [-0.39, 0.29) is 5.54 Å². The number of nitrogens with two attached hydrogens (primary N) is 1. The lowest BCUT2D eigenvalue weighted by Gasteiger charge is -2.22. The third kappa shape index (κ3) is 3.22. The van der Waals surface area contributed by atoms with Crippen LogP contribution in [0.2, 0.25) is 0 Å². The first kappa shape index (κ1) is 12.4. The molecular weight excluding hydrogens is 210 g/mol. The summed E-state index contributed by atoms with van der Waals surface area (Å²) in [6.07, 6.45) is 4.38. The number of hydrogen-bond donors (Lipinski definition) is 1. The number of hydrogen-bond acceptors (Lipinski definition) is 2. The van der Waals surface area contributed by atoms with E-state index in [0.717, 1.165) is 31.6 Å². The van der Waals surface area contributed by atoms with Crippen molar-refractivity contribution in [3.63, 3.8) is 0 Å². The fourth-order valence-electron chi connectivity index (χ4n) is 2.51. The van der Waals surface area contributed by atoms with Crippen LogP contribution in [0.3, 0.4) is 0 Å². The topological polar surface area (TPSA) is 35.2 Å². The molecule has 2 N–H and O–H groups in total. The Morgan fingerprint density at radius 2 is 2.06 bits per heavy atom. The summed E-state index contributed by atoms with van der Waals surface area (Å²) in [5.41, 5.74) is 9.90. The third-order valence-electron chi connectivity index (χ3n) is 3.12. The van der Waals surface area contributed by atoms with Gasteiger partial charge in [-0.2, -0.15) is 0 Å². The highest BCUT2D eigenvalue weighted by Crippen LogP contribution is 2.31. The highest BCUT2D eigenvalue weighted by atomic mass is 16.5. The van der Waals surface area contributed by atoms with Crippen LogP contribution in [0, 0.1) is 6.92 Å². The summed E-state index contributed by atoms with van der Waals surface area (Å²) in [6, 6.07) is 4.48. The molecule has 0 bridgehead atoms. The van der Waals surface area contributed by atoms with Crippen LogP contribution in [0.1, 0.15) is 43.4 Å². The molecule has 1 aromatic carbocycles. The van der Waals surface area contributed by atoms with E-state index >= 15 is 0 Å². The molecule has 0 saturated heterocycles. The highest BCUT2D eigenvalue weighted by Gasteiger charge is 2.19. The molecule has 1 heterocycles.